The number of aliphatic hydroxyl groups excluding tert-OH is 1. The molecule has 0 rings (SSSR count). The lowest BCUT2D eigenvalue weighted by Gasteiger charge is -2.15. The van der Waals surface area contributed by atoms with Crippen LogP contribution in [0.1, 0.15) is 6.42 Å². The van der Waals surface area contributed by atoms with Gasteiger partial charge >= 0.3 is 12.1 Å². The van der Waals surface area contributed by atoms with E-state index >= 15 is 0 Å². The molecule has 0 saturated heterocycles. The van der Waals surface area contributed by atoms with Crippen LogP contribution in [0.3, 0.4) is 0 Å². The van der Waals surface area contributed by atoms with Gasteiger partial charge in [0.05, 0.1) is 6.42 Å². The van der Waals surface area contributed by atoms with Crippen LogP contribution in [0.5, 0.6) is 0 Å². The zero-order valence-electron chi connectivity index (χ0n) is 7.02. The quantitative estimate of drug-likeness (QED) is 0.640. The van der Waals surface area contributed by atoms with Crippen molar-refractivity contribution in [3.05, 3.63) is 0 Å². The highest BCUT2D eigenvalue weighted by molar-refractivity contribution is 6.67. The van der Waals surface area contributed by atoms with Crippen LogP contribution >= 0.6 is 34.8 Å². The molecule has 15 heavy (non-hydrogen) atoms. The van der Waals surface area contributed by atoms with Crippen LogP contribution in [0.4, 0.5) is 13.2 Å². The molecule has 0 heterocycles. The maximum Gasteiger partial charge on any atom is 0.414 e. The van der Waals surface area contributed by atoms with Gasteiger partial charge < -0.3 is 9.84 Å². The van der Waals surface area contributed by atoms with Gasteiger partial charge in [-0.05, 0) is 0 Å². The van der Waals surface area contributed by atoms with Crippen molar-refractivity contribution >= 4 is 40.8 Å². The maximum absolute atomic E-state index is 11.7. The molecule has 0 aliphatic heterocycles. The van der Waals surface area contributed by atoms with Gasteiger partial charge in [0.1, 0.15) is 6.61 Å². The van der Waals surface area contributed by atoms with Crippen molar-refractivity contribution in [1.29, 1.82) is 0 Å². The largest absolute Gasteiger partial charge is 0.461 e. The fourth-order valence-electron chi connectivity index (χ4n) is 0.495. The molecule has 1 unspecified atom stereocenters. The van der Waals surface area contributed by atoms with E-state index in [1.54, 1.807) is 0 Å². The lowest BCUT2D eigenvalue weighted by atomic mass is 10.2. The second-order valence-corrected chi connectivity index (χ2v) is 5.05. The third kappa shape index (κ3) is 7.96. The maximum atomic E-state index is 11.7. The lowest BCUT2D eigenvalue weighted by molar-refractivity contribution is -0.209. The first kappa shape index (κ1) is 15.1. The van der Waals surface area contributed by atoms with Gasteiger partial charge in [0.15, 0.2) is 6.10 Å². The molecule has 1 atom stereocenters. The van der Waals surface area contributed by atoms with Gasteiger partial charge in [-0.25, -0.2) is 0 Å². The van der Waals surface area contributed by atoms with Gasteiger partial charge in [0, 0.05) is 0 Å². The van der Waals surface area contributed by atoms with E-state index in [2.05, 4.69) is 4.74 Å². The Bertz CT molecular complexity index is 226. The average molecular weight is 289 g/mol. The summed E-state index contributed by atoms with van der Waals surface area (Å²) in [5, 5.41) is 8.46. The molecule has 0 aromatic heterocycles. The van der Waals surface area contributed by atoms with Gasteiger partial charge in [-0.2, -0.15) is 13.2 Å². The van der Waals surface area contributed by atoms with E-state index in [9.17, 15) is 18.0 Å². The summed E-state index contributed by atoms with van der Waals surface area (Å²) in [7, 11) is 0. The highest BCUT2D eigenvalue weighted by Gasteiger charge is 2.40. The molecule has 0 aliphatic carbocycles. The predicted molar refractivity (Wildman–Crippen MR) is 47.9 cm³/mol. The molecule has 0 aliphatic rings. The molecule has 3 nitrogen and oxygen atoms in total. The van der Waals surface area contributed by atoms with E-state index in [4.69, 9.17) is 39.9 Å². The zero-order valence-corrected chi connectivity index (χ0v) is 9.29. The Morgan fingerprint density at radius 2 is 1.80 bits per heavy atom. The standard InChI is InChI=1S/C6H6Cl3F3O3/c7-5(8,9)2-15-4(14)1-3(13)6(10,11)12/h3,13H,1-2H2. The summed E-state index contributed by atoms with van der Waals surface area (Å²) in [4.78, 5) is 10.7. The van der Waals surface area contributed by atoms with Crippen LogP contribution in [-0.2, 0) is 9.53 Å². The monoisotopic (exact) mass is 288 g/mol. The summed E-state index contributed by atoms with van der Waals surface area (Å²) < 4.78 is 37.5. The number of rotatable bonds is 3. The number of alkyl halides is 6. The number of esters is 1. The van der Waals surface area contributed by atoms with Crippen LogP contribution in [0.2, 0.25) is 0 Å². The minimum absolute atomic E-state index is 0.679. The van der Waals surface area contributed by atoms with E-state index in [-0.39, 0.29) is 0 Å². The second kappa shape index (κ2) is 5.43. The Kier molecular flexibility index (Phi) is 5.46. The van der Waals surface area contributed by atoms with Crippen molar-refractivity contribution < 1.29 is 27.8 Å². The molecule has 1 N–H and O–H groups in total. The number of carbonyl (C=O) groups excluding carboxylic acids is 1. The van der Waals surface area contributed by atoms with Crippen molar-refractivity contribution in [2.24, 2.45) is 0 Å². The molecule has 0 aromatic carbocycles. The minimum Gasteiger partial charge on any atom is -0.461 e. The molecule has 0 amide bonds. The third-order valence-corrected chi connectivity index (χ3v) is 1.46. The molecular weight excluding hydrogens is 283 g/mol. The predicted octanol–water partition coefficient (Wildman–Crippen LogP) is 2.21. The zero-order chi connectivity index (χ0) is 12.3. The number of carbonyl (C=O) groups is 1. The van der Waals surface area contributed by atoms with Crippen molar-refractivity contribution in [2.75, 3.05) is 6.61 Å². The Balaban J connectivity index is 3.96. The van der Waals surface area contributed by atoms with E-state index < -0.39 is 35.1 Å². The second-order valence-electron chi connectivity index (χ2n) is 2.54. The summed E-state index contributed by atoms with van der Waals surface area (Å²) in [6, 6.07) is 0. The van der Waals surface area contributed by atoms with E-state index in [0.29, 0.717) is 0 Å². The number of aliphatic hydroxyl groups is 1. The fourth-order valence-corrected chi connectivity index (χ4v) is 0.659. The minimum atomic E-state index is -4.88. The molecule has 9 heteroatoms. The summed E-state index contributed by atoms with van der Waals surface area (Å²) in [6.45, 7) is -0.679. The Morgan fingerprint density at radius 3 is 2.13 bits per heavy atom. The van der Waals surface area contributed by atoms with Crippen molar-refractivity contribution in [2.45, 2.75) is 22.5 Å². The van der Waals surface area contributed by atoms with Gasteiger partial charge in [0.2, 0.25) is 3.79 Å². The van der Waals surface area contributed by atoms with Crippen LogP contribution in [-0.4, -0.2) is 33.8 Å². The summed E-state index contributed by atoms with van der Waals surface area (Å²) in [5.41, 5.74) is 0. The Labute approximate surface area is 98.0 Å². The van der Waals surface area contributed by atoms with Crippen molar-refractivity contribution in [1.82, 2.24) is 0 Å². The lowest BCUT2D eigenvalue weighted by Crippen LogP contribution is -2.32. The molecule has 0 aromatic rings. The first-order valence-corrected chi connectivity index (χ1v) is 4.63. The molecule has 0 bridgehead atoms. The number of hydrogen-bond donors (Lipinski definition) is 1. The van der Waals surface area contributed by atoms with Gasteiger partial charge in [-0.15, -0.1) is 0 Å². The topological polar surface area (TPSA) is 46.5 Å². The third-order valence-electron chi connectivity index (χ3n) is 1.13. The molecule has 90 valence electrons. The number of halogens is 6. The van der Waals surface area contributed by atoms with Crippen LogP contribution in [0.25, 0.3) is 0 Å². The molecule has 0 spiro atoms. The summed E-state index contributed by atoms with van der Waals surface area (Å²) in [6.07, 6.45) is -8.89. The molecule has 0 radical (unpaired) electrons. The van der Waals surface area contributed by atoms with E-state index in [0.717, 1.165) is 0 Å². The summed E-state index contributed by atoms with van der Waals surface area (Å²) in [5.74, 6) is -1.30. The smallest absolute Gasteiger partial charge is 0.414 e. The Hall–Kier alpha value is 0.0900. The molecule has 0 saturated carbocycles. The fraction of sp³-hybridized carbons (Fsp3) is 0.833. The van der Waals surface area contributed by atoms with Crippen LogP contribution in [0, 0.1) is 0 Å². The van der Waals surface area contributed by atoms with Crippen molar-refractivity contribution in [3.63, 3.8) is 0 Å². The highest BCUT2D eigenvalue weighted by atomic mass is 35.6. The normalized spacial score (nSPS) is 14.9. The average Bonchev–Trinajstić information content (AvgIpc) is 1.97. The van der Waals surface area contributed by atoms with E-state index in [1.807, 2.05) is 0 Å². The SMILES string of the molecule is O=C(CC(O)C(F)(F)F)OCC(Cl)(Cl)Cl. The highest BCUT2D eigenvalue weighted by Crippen LogP contribution is 2.27. The van der Waals surface area contributed by atoms with E-state index in [1.165, 1.54) is 0 Å². The number of ether oxygens (including phenoxy) is 1. The number of hydrogen-bond acceptors (Lipinski definition) is 3. The molecular formula is C6H6Cl3F3O3. The van der Waals surface area contributed by atoms with Crippen molar-refractivity contribution in [3.8, 4) is 0 Å². The Morgan fingerprint density at radius 1 is 1.33 bits per heavy atom. The van der Waals surface area contributed by atoms with Gasteiger partial charge in [-0.1, -0.05) is 34.8 Å². The van der Waals surface area contributed by atoms with Gasteiger partial charge in [0.25, 0.3) is 0 Å². The molecule has 0 fully saturated rings. The van der Waals surface area contributed by atoms with Crippen LogP contribution < -0.4 is 0 Å². The van der Waals surface area contributed by atoms with Crippen LogP contribution in [0.15, 0.2) is 0 Å². The van der Waals surface area contributed by atoms with Gasteiger partial charge in [-0.3, -0.25) is 4.79 Å². The first-order chi connectivity index (χ1) is 6.52. The first-order valence-electron chi connectivity index (χ1n) is 3.49. The summed E-state index contributed by atoms with van der Waals surface area (Å²) >= 11 is 15.5.